The lowest BCUT2D eigenvalue weighted by Gasteiger charge is -2.39. The summed E-state index contributed by atoms with van der Waals surface area (Å²) in [5.74, 6) is 1.52. The highest BCUT2D eigenvalue weighted by Crippen LogP contribution is 2.36. The van der Waals surface area contributed by atoms with Crippen molar-refractivity contribution in [3.05, 3.63) is 0 Å². The summed E-state index contributed by atoms with van der Waals surface area (Å²) in [7, 11) is 0. The normalized spacial score (nSPS) is 27.9. The molecule has 0 aromatic heterocycles. The highest BCUT2D eigenvalue weighted by molar-refractivity contribution is 5.81. The van der Waals surface area contributed by atoms with Crippen LogP contribution in [0.25, 0.3) is 0 Å². The predicted molar refractivity (Wildman–Crippen MR) is 61.5 cm³/mol. The van der Waals surface area contributed by atoms with Crippen molar-refractivity contribution in [2.24, 2.45) is 17.3 Å². The molecular weight excluding hydrogens is 186 g/mol. The van der Waals surface area contributed by atoms with E-state index < -0.39 is 0 Å². The maximum atomic E-state index is 12.0. The lowest BCUT2D eigenvalue weighted by Crippen LogP contribution is -2.44. The van der Waals surface area contributed by atoms with Crippen LogP contribution in [0.15, 0.2) is 0 Å². The van der Waals surface area contributed by atoms with Gasteiger partial charge in [-0.3, -0.25) is 4.79 Å². The molecule has 1 atom stereocenters. The van der Waals surface area contributed by atoms with E-state index in [0.717, 1.165) is 25.9 Å². The van der Waals surface area contributed by atoms with E-state index in [2.05, 4.69) is 25.7 Å². The van der Waals surface area contributed by atoms with E-state index in [-0.39, 0.29) is 0 Å². The second kappa shape index (κ2) is 3.80. The highest BCUT2D eigenvalue weighted by atomic mass is 16.2. The fraction of sp³-hybridized carbons (Fsp3) is 0.923. The highest BCUT2D eigenvalue weighted by Gasteiger charge is 2.37. The quantitative estimate of drug-likeness (QED) is 0.650. The fourth-order valence-electron chi connectivity index (χ4n) is 2.47. The van der Waals surface area contributed by atoms with Gasteiger partial charge in [0.05, 0.1) is 0 Å². The third-order valence-corrected chi connectivity index (χ3v) is 3.88. The minimum Gasteiger partial charge on any atom is -0.342 e. The zero-order valence-corrected chi connectivity index (χ0v) is 10.3. The summed E-state index contributed by atoms with van der Waals surface area (Å²) in [4.78, 5) is 14.1. The molecule has 0 N–H and O–H groups in total. The van der Waals surface area contributed by atoms with Gasteiger partial charge in [0.25, 0.3) is 0 Å². The number of carbonyl (C=O) groups is 1. The number of nitrogens with zero attached hydrogens (tertiary/aromatic N) is 1. The van der Waals surface area contributed by atoms with Crippen molar-refractivity contribution in [1.82, 2.24) is 4.90 Å². The summed E-state index contributed by atoms with van der Waals surface area (Å²) >= 11 is 0. The number of likely N-dealkylation sites (tertiary alicyclic amines) is 1. The van der Waals surface area contributed by atoms with Gasteiger partial charge >= 0.3 is 0 Å². The Morgan fingerprint density at radius 1 is 1.20 bits per heavy atom. The molecule has 0 aromatic rings. The zero-order valence-electron chi connectivity index (χ0n) is 10.3. The molecule has 1 saturated heterocycles. The van der Waals surface area contributed by atoms with Gasteiger partial charge in [0.15, 0.2) is 0 Å². The number of hydrogen-bond acceptors (Lipinski definition) is 1. The second-order valence-corrected chi connectivity index (χ2v) is 6.26. The van der Waals surface area contributed by atoms with Gasteiger partial charge in [-0.05, 0) is 37.0 Å². The summed E-state index contributed by atoms with van der Waals surface area (Å²) in [6.45, 7) is 8.88. The molecule has 1 heterocycles. The first kappa shape index (κ1) is 11.0. The van der Waals surface area contributed by atoms with Gasteiger partial charge in [0, 0.05) is 19.0 Å². The van der Waals surface area contributed by atoms with Gasteiger partial charge in [0.2, 0.25) is 5.91 Å². The molecular formula is C13H23NO. The molecule has 2 aliphatic rings. The topological polar surface area (TPSA) is 20.3 Å². The number of piperidine rings is 1. The van der Waals surface area contributed by atoms with Crippen molar-refractivity contribution >= 4 is 5.91 Å². The van der Waals surface area contributed by atoms with Gasteiger partial charge in [-0.25, -0.2) is 0 Å². The molecule has 0 radical (unpaired) electrons. The Balaban J connectivity index is 1.94. The molecule has 2 rings (SSSR count). The van der Waals surface area contributed by atoms with Crippen LogP contribution in [0.5, 0.6) is 0 Å². The SMILES string of the molecule is CC(C)(C)[C@@H]1CCCN(C(=O)C2CC2)C1. The number of rotatable bonds is 1. The average molecular weight is 209 g/mol. The van der Waals surface area contributed by atoms with E-state index in [1.54, 1.807) is 0 Å². The van der Waals surface area contributed by atoms with Crippen molar-refractivity contribution in [3.63, 3.8) is 0 Å². The summed E-state index contributed by atoms with van der Waals surface area (Å²) < 4.78 is 0. The maximum Gasteiger partial charge on any atom is 0.225 e. The van der Waals surface area contributed by atoms with Crippen LogP contribution < -0.4 is 0 Å². The molecule has 86 valence electrons. The van der Waals surface area contributed by atoms with E-state index in [9.17, 15) is 4.79 Å². The minimum atomic E-state index is 0.350. The summed E-state index contributed by atoms with van der Waals surface area (Å²) in [6, 6.07) is 0. The van der Waals surface area contributed by atoms with Crippen molar-refractivity contribution in [2.45, 2.75) is 46.5 Å². The standard InChI is InChI=1S/C13H23NO/c1-13(2,3)11-5-4-8-14(9-11)12(15)10-6-7-10/h10-11H,4-9H2,1-3H3/t11-/m1/s1. The Bertz CT molecular complexity index is 250. The Kier molecular flexibility index (Phi) is 2.78. The molecule has 0 aromatic carbocycles. The maximum absolute atomic E-state index is 12.0. The Morgan fingerprint density at radius 2 is 1.87 bits per heavy atom. The molecule has 0 spiro atoms. The van der Waals surface area contributed by atoms with Crippen molar-refractivity contribution in [1.29, 1.82) is 0 Å². The van der Waals surface area contributed by atoms with Gasteiger partial charge in [-0.2, -0.15) is 0 Å². The molecule has 1 aliphatic heterocycles. The van der Waals surface area contributed by atoms with E-state index in [1.165, 1.54) is 12.8 Å². The average Bonchev–Trinajstić information content (AvgIpc) is 2.99. The fourth-order valence-corrected chi connectivity index (χ4v) is 2.47. The number of hydrogen-bond donors (Lipinski definition) is 0. The molecule has 1 aliphatic carbocycles. The minimum absolute atomic E-state index is 0.350. The summed E-state index contributed by atoms with van der Waals surface area (Å²) in [5, 5.41) is 0. The van der Waals surface area contributed by atoms with Crippen LogP contribution in [0, 0.1) is 17.3 Å². The molecule has 0 unspecified atom stereocenters. The van der Waals surface area contributed by atoms with Crippen LogP contribution in [0.1, 0.15) is 46.5 Å². The summed E-state index contributed by atoms with van der Waals surface area (Å²) in [5.41, 5.74) is 0.350. The van der Waals surface area contributed by atoms with Gasteiger partial charge in [-0.15, -0.1) is 0 Å². The first-order valence-corrected chi connectivity index (χ1v) is 6.27. The Labute approximate surface area is 93.0 Å². The Morgan fingerprint density at radius 3 is 2.40 bits per heavy atom. The lowest BCUT2D eigenvalue weighted by molar-refractivity contribution is -0.135. The van der Waals surface area contributed by atoms with Crippen LogP contribution >= 0.6 is 0 Å². The third-order valence-electron chi connectivity index (χ3n) is 3.88. The largest absolute Gasteiger partial charge is 0.342 e. The number of amides is 1. The first-order valence-electron chi connectivity index (χ1n) is 6.27. The second-order valence-electron chi connectivity index (χ2n) is 6.26. The van der Waals surface area contributed by atoms with Crippen LogP contribution in [0.4, 0.5) is 0 Å². The van der Waals surface area contributed by atoms with E-state index >= 15 is 0 Å². The van der Waals surface area contributed by atoms with Crippen LogP contribution in [-0.2, 0) is 4.79 Å². The molecule has 15 heavy (non-hydrogen) atoms. The monoisotopic (exact) mass is 209 g/mol. The molecule has 0 bridgehead atoms. The Hall–Kier alpha value is -0.530. The van der Waals surface area contributed by atoms with E-state index in [1.807, 2.05) is 0 Å². The van der Waals surface area contributed by atoms with E-state index in [0.29, 0.717) is 23.2 Å². The predicted octanol–water partition coefficient (Wildman–Crippen LogP) is 2.68. The lowest BCUT2D eigenvalue weighted by atomic mass is 9.76. The van der Waals surface area contributed by atoms with Gasteiger partial charge in [0.1, 0.15) is 0 Å². The molecule has 1 saturated carbocycles. The van der Waals surface area contributed by atoms with Gasteiger partial charge < -0.3 is 4.90 Å². The number of carbonyl (C=O) groups excluding carboxylic acids is 1. The van der Waals surface area contributed by atoms with Crippen molar-refractivity contribution in [2.75, 3.05) is 13.1 Å². The molecule has 2 fully saturated rings. The van der Waals surface area contributed by atoms with Crippen molar-refractivity contribution < 1.29 is 4.79 Å². The third kappa shape index (κ3) is 2.53. The van der Waals surface area contributed by atoms with Crippen LogP contribution in [0.3, 0.4) is 0 Å². The van der Waals surface area contributed by atoms with Crippen LogP contribution in [-0.4, -0.2) is 23.9 Å². The van der Waals surface area contributed by atoms with Crippen LogP contribution in [0.2, 0.25) is 0 Å². The molecule has 2 heteroatoms. The van der Waals surface area contributed by atoms with E-state index in [4.69, 9.17) is 0 Å². The summed E-state index contributed by atoms with van der Waals surface area (Å²) in [6.07, 6.45) is 4.75. The first-order chi connectivity index (χ1) is 6.98. The van der Waals surface area contributed by atoms with Gasteiger partial charge in [-0.1, -0.05) is 20.8 Å². The zero-order chi connectivity index (χ0) is 11.1. The molecule has 2 nitrogen and oxygen atoms in total. The smallest absolute Gasteiger partial charge is 0.225 e. The molecule has 1 amide bonds. The van der Waals surface area contributed by atoms with Crippen molar-refractivity contribution in [3.8, 4) is 0 Å².